The second kappa shape index (κ2) is 7.81. The van der Waals surface area contributed by atoms with Crippen LogP contribution in [0.1, 0.15) is 69.5 Å². The first-order chi connectivity index (χ1) is 14.0. The molecule has 1 aromatic carbocycles. The molecule has 2 aliphatic rings. The molecular formula is C23H27F2N3O. The van der Waals surface area contributed by atoms with E-state index in [1.54, 1.807) is 0 Å². The zero-order chi connectivity index (χ0) is 20.6. The van der Waals surface area contributed by atoms with Crippen LogP contribution in [-0.2, 0) is 10.2 Å². The van der Waals surface area contributed by atoms with Crippen molar-refractivity contribution < 1.29 is 13.6 Å². The first-order valence-corrected chi connectivity index (χ1v) is 10.6. The summed E-state index contributed by atoms with van der Waals surface area (Å²) in [5.74, 6) is -1.08. The Labute approximate surface area is 170 Å². The summed E-state index contributed by atoms with van der Waals surface area (Å²) in [5.41, 5.74) is 1.55. The van der Waals surface area contributed by atoms with Gasteiger partial charge in [0, 0.05) is 17.9 Å². The Hall–Kier alpha value is -2.37. The lowest BCUT2D eigenvalue weighted by atomic mass is 9.59. The van der Waals surface area contributed by atoms with Gasteiger partial charge in [0.1, 0.15) is 11.6 Å². The Morgan fingerprint density at radius 2 is 1.93 bits per heavy atom. The lowest BCUT2D eigenvalue weighted by molar-refractivity contribution is -0.129. The Bertz CT molecular complexity index is 912. The molecule has 1 saturated heterocycles. The number of piperidine rings is 1. The van der Waals surface area contributed by atoms with Crippen LogP contribution in [-0.4, -0.2) is 22.6 Å². The van der Waals surface area contributed by atoms with Crippen LogP contribution in [0, 0.1) is 17.6 Å². The average molecular weight is 399 g/mol. The molecule has 0 saturated carbocycles. The normalized spacial score (nSPS) is 26.7. The van der Waals surface area contributed by atoms with Crippen molar-refractivity contribution in [3.8, 4) is 11.3 Å². The number of fused-ring (bicyclic) bond motifs is 1. The van der Waals surface area contributed by atoms with Crippen molar-refractivity contribution >= 4 is 5.91 Å². The van der Waals surface area contributed by atoms with E-state index in [4.69, 9.17) is 0 Å². The molecule has 2 aromatic rings. The molecule has 1 fully saturated rings. The third-order valence-electron chi connectivity index (χ3n) is 6.97. The molecule has 4 nitrogen and oxygen atoms in total. The lowest BCUT2D eigenvalue weighted by Crippen LogP contribution is -2.50. The zero-order valence-electron chi connectivity index (χ0n) is 17.0. The molecule has 0 bridgehead atoms. The maximum Gasteiger partial charge on any atom is 0.224 e. The smallest absolute Gasteiger partial charge is 0.224 e. The molecule has 4 rings (SSSR count). The highest BCUT2D eigenvalue weighted by molar-refractivity contribution is 5.81. The van der Waals surface area contributed by atoms with E-state index in [9.17, 15) is 13.6 Å². The number of carbonyl (C=O) groups excluding carboxylic acids is 1. The largest absolute Gasteiger partial charge is 0.356 e. The SMILES string of the molecule is CC[C@H]1CC[C@](CC)([C@H]2CCCNC2=O)c2nnc(-c3c(F)cccc3F)cc21. The van der Waals surface area contributed by atoms with Crippen molar-refractivity contribution in [2.45, 2.75) is 63.7 Å². The van der Waals surface area contributed by atoms with Crippen LogP contribution in [0.2, 0.25) is 0 Å². The molecular weight excluding hydrogens is 372 g/mol. The van der Waals surface area contributed by atoms with E-state index in [2.05, 4.69) is 29.4 Å². The Morgan fingerprint density at radius 1 is 1.17 bits per heavy atom. The molecule has 3 atom stereocenters. The van der Waals surface area contributed by atoms with E-state index < -0.39 is 11.6 Å². The minimum Gasteiger partial charge on any atom is -0.356 e. The highest BCUT2D eigenvalue weighted by Gasteiger charge is 2.49. The first kappa shape index (κ1) is 19.9. The summed E-state index contributed by atoms with van der Waals surface area (Å²) in [6.45, 7) is 4.94. The molecule has 1 aliphatic heterocycles. The number of hydrogen-bond acceptors (Lipinski definition) is 3. The predicted molar refractivity (Wildman–Crippen MR) is 107 cm³/mol. The van der Waals surface area contributed by atoms with Crippen molar-refractivity contribution in [2.75, 3.05) is 6.54 Å². The highest BCUT2D eigenvalue weighted by atomic mass is 19.1. The zero-order valence-corrected chi connectivity index (χ0v) is 17.0. The Kier molecular flexibility index (Phi) is 5.36. The van der Waals surface area contributed by atoms with Crippen molar-refractivity contribution in [3.05, 3.63) is 47.2 Å². The molecule has 0 spiro atoms. The van der Waals surface area contributed by atoms with E-state index in [1.807, 2.05) is 6.07 Å². The Morgan fingerprint density at radius 3 is 2.59 bits per heavy atom. The topological polar surface area (TPSA) is 54.9 Å². The number of nitrogens with zero attached hydrogens (tertiary/aromatic N) is 2. The fourth-order valence-electron chi connectivity index (χ4n) is 5.33. The predicted octanol–water partition coefficient (Wildman–Crippen LogP) is 4.88. The molecule has 1 aliphatic carbocycles. The standard InChI is InChI=1S/C23H27F2N3O/c1-3-14-10-11-23(4-2,16-7-6-12-26-22(16)29)21-15(14)13-19(27-28-21)20-17(24)8-5-9-18(20)25/h5,8-9,13-14,16H,3-4,6-7,10-12H2,1-2H3,(H,26,29)/t14-,16-,23+/m0/s1. The number of hydrogen-bond donors (Lipinski definition) is 1. The van der Waals surface area contributed by atoms with Crippen LogP contribution < -0.4 is 5.32 Å². The first-order valence-electron chi connectivity index (χ1n) is 10.6. The van der Waals surface area contributed by atoms with Crippen LogP contribution in [0.25, 0.3) is 11.3 Å². The van der Waals surface area contributed by atoms with Crippen molar-refractivity contribution in [2.24, 2.45) is 5.92 Å². The summed E-state index contributed by atoms with van der Waals surface area (Å²) in [4.78, 5) is 12.7. The lowest BCUT2D eigenvalue weighted by Gasteiger charge is -2.45. The number of benzene rings is 1. The minimum atomic E-state index is -0.642. The third-order valence-corrected chi connectivity index (χ3v) is 6.97. The van der Waals surface area contributed by atoms with Gasteiger partial charge in [-0.05, 0) is 68.2 Å². The molecule has 0 radical (unpaired) electrons. The summed E-state index contributed by atoms with van der Waals surface area (Å²) in [6, 6.07) is 5.63. The summed E-state index contributed by atoms with van der Waals surface area (Å²) in [7, 11) is 0. The van der Waals surface area contributed by atoms with Gasteiger partial charge in [-0.15, -0.1) is 0 Å². The van der Waals surface area contributed by atoms with Gasteiger partial charge in [0.25, 0.3) is 0 Å². The van der Waals surface area contributed by atoms with Gasteiger partial charge in [-0.2, -0.15) is 10.2 Å². The summed E-state index contributed by atoms with van der Waals surface area (Å²) >= 11 is 0. The van der Waals surface area contributed by atoms with Crippen molar-refractivity contribution in [3.63, 3.8) is 0 Å². The third kappa shape index (κ3) is 3.22. The van der Waals surface area contributed by atoms with Crippen LogP contribution in [0.5, 0.6) is 0 Å². The van der Waals surface area contributed by atoms with Gasteiger partial charge in [0.2, 0.25) is 5.91 Å². The van der Waals surface area contributed by atoms with Gasteiger partial charge in [0.05, 0.1) is 17.0 Å². The molecule has 0 unspecified atom stereocenters. The summed E-state index contributed by atoms with van der Waals surface area (Å²) in [6.07, 6.45) is 5.31. The maximum atomic E-state index is 14.3. The molecule has 1 aromatic heterocycles. The van der Waals surface area contributed by atoms with E-state index in [0.717, 1.165) is 56.3 Å². The van der Waals surface area contributed by atoms with Crippen molar-refractivity contribution in [1.82, 2.24) is 15.5 Å². The van der Waals surface area contributed by atoms with E-state index in [-0.39, 0.29) is 34.4 Å². The van der Waals surface area contributed by atoms with Crippen LogP contribution >= 0.6 is 0 Å². The summed E-state index contributed by atoms with van der Waals surface area (Å²) in [5, 5.41) is 11.8. The second-order valence-electron chi connectivity index (χ2n) is 8.27. The fraction of sp³-hybridized carbons (Fsp3) is 0.522. The van der Waals surface area contributed by atoms with Crippen LogP contribution in [0.15, 0.2) is 24.3 Å². The molecule has 1 N–H and O–H groups in total. The molecule has 6 heteroatoms. The Balaban J connectivity index is 1.87. The van der Waals surface area contributed by atoms with Gasteiger partial charge in [0.15, 0.2) is 0 Å². The molecule has 2 heterocycles. The molecule has 154 valence electrons. The fourth-order valence-corrected chi connectivity index (χ4v) is 5.33. The number of aromatic nitrogens is 2. The van der Waals surface area contributed by atoms with Gasteiger partial charge >= 0.3 is 0 Å². The van der Waals surface area contributed by atoms with Gasteiger partial charge < -0.3 is 5.32 Å². The highest BCUT2D eigenvalue weighted by Crippen LogP contribution is 2.51. The number of halogens is 2. The minimum absolute atomic E-state index is 0.0880. The molecule has 29 heavy (non-hydrogen) atoms. The van der Waals surface area contributed by atoms with E-state index in [0.29, 0.717) is 0 Å². The van der Waals surface area contributed by atoms with Crippen LogP contribution in [0.3, 0.4) is 0 Å². The number of carbonyl (C=O) groups is 1. The van der Waals surface area contributed by atoms with Gasteiger partial charge in [-0.1, -0.05) is 19.9 Å². The van der Waals surface area contributed by atoms with Crippen LogP contribution in [0.4, 0.5) is 8.78 Å². The van der Waals surface area contributed by atoms with E-state index >= 15 is 0 Å². The van der Waals surface area contributed by atoms with E-state index in [1.165, 1.54) is 18.2 Å². The number of rotatable bonds is 4. The van der Waals surface area contributed by atoms with Gasteiger partial charge in [-0.25, -0.2) is 8.78 Å². The second-order valence-corrected chi connectivity index (χ2v) is 8.27. The summed E-state index contributed by atoms with van der Waals surface area (Å²) < 4.78 is 28.7. The molecule has 1 amide bonds. The van der Waals surface area contributed by atoms with Gasteiger partial charge in [-0.3, -0.25) is 4.79 Å². The average Bonchev–Trinajstić information content (AvgIpc) is 2.73. The monoisotopic (exact) mass is 399 g/mol. The number of amides is 1. The van der Waals surface area contributed by atoms with Crippen molar-refractivity contribution in [1.29, 1.82) is 0 Å². The maximum absolute atomic E-state index is 14.3. The number of nitrogens with one attached hydrogen (secondary N) is 1. The quantitative estimate of drug-likeness (QED) is 0.797.